The lowest BCUT2D eigenvalue weighted by atomic mass is 10.0. The zero-order valence-corrected chi connectivity index (χ0v) is 13.2. The minimum atomic E-state index is -3.38. The molecule has 5 nitrogen and oxygen atoms in total. The molecule has 2 heterocycles. The van der Waals surface area contributed by atoms with Gasteiger partial charge in [-0.3, -0.25) is 4.90 Å². The SMILES string of the molecule is CN1CCN(S(=O)(=O)c2csc(CN)c2)CC1(C)C. The average molecular weight is 303 g/mol. The maximum absolute atomic E-state index is 12.6. The zero-order chi connectivity index (χ0) is 14.3. The lowest BCUT2D eigenvalue weighted by Gasteiger charge is -2.44. The molecule has 1 aromatic rings. The summed E-state index contributed by atoms with van der Waals surface area (Å²) < 4.78 is 26.7. The van der Waals surface area contributed by atoms with Crippen molar-refractivity contribution in [3.8, 4) is 0 Å². The number of hydrogen-bond donors (Lipinski definition) is 1. The van der Waals surface area contributed by atoms with E-state index in [-0.39, 0.29) is 5.54 Å². The summed E-state index contributed by atoms with van der Waals surface area (Å²) in [5, 5.41) is 1.68. The molecule has 0 radical (unpaired) electrons. The number of nitrogens with two attached hydrogens (primary N) is 1. The molecule has 0 spiro atoms. The van der Waals surface area contributed by atoms with Crippen molar-refractivity contribution < 1.29 is 8.42 Å². The largest absolute Gasteiger partial charge is 0.326 e. The molecule has 1 fully saturated rings. The van der Waals surface area contributed by atoms with E-state index in [1.165, 1.54) is 11.3 Å². The highest BCUT2D eigenvalue weighted by Crippen LogP contribution is 2.27. The Balaban J connectivity index is 2.25. The summed E-state index contributed by atoms with van der Waals surface area (Å²) in [6.07, 6.45) is 0. The Hall–Kier alpha value is -0.470. The van der Waals surface area contributed by atoms with Crippen LogP contribution in [-0.2, 0) is 16.6 Å². The van der Waals surface area contributed by atoms with Gasteiger partial charge in [-0.25, -0.2) is 8.42 Å². The highest BCUT2D eigenvalue weighted by molar-refractivity contribution is 7.89. The van der Waals surface area contributed by atoms with Gasteiger partial charge in [0, 0.05) is 42.0 Å². The van der Waals surface area contributed by atoms with E-state index < -0.39 is 10.0 Å². The van der Waals surface area contributed by atoms with Gasteiger partial charge in [-0.15, -0.1) is 11.3 Å². The van der Waals surface area contributed by atoms with E-state index in [9.17, 15) is 8.42 Å². The molecule has 108 valence electrons. The van der Waals surface area contributed by atoms with Gasteiger partial charge in [0.2, 0.25) is 10.0 Å². The number of thiophene rings is 1. The number of sulfonamides is 1. The Morgan fingerprint density at radius 3 is 2.63 bits per heavy atom. The van der Waals surface area contributed by atoms with Crippen molar-refractivity contribution in [1.29, 1.82) is 0 Å². The summed E-state index contributed by atoms with van der Waals surface area (Å²) in [7, 11) is -1.36. The molecule has 1 saturated heterocycles. The Kier molecular flexibility index (Phi) is 4.04. The first-order valence-corrected chi connectivity index (χ1v) is 8.58. The van der Waals surface area contributed by atoms with Gasteiger partial charge in [0.25, 0.3) is 0 Å². The van der Waals surface area contributed by atoms with Gasteiger partial charge in [0.05, 0.1) is 4.90 Å². The molecule has 1 aromatic heterocycles. The third-order valence-corrected chi connectivity index (χ3v) is 6.68. The Labute approximate surface area is 119 Å². The summed E-state index contributed by atoms with van der Waals surface area (Å²) in [6, 6.07) is 1.69. The molecule has 0 atom stereocenters. The fourth-order valence-electron chi connectivity index (χ4n) is 2.15. The van der Waals surface area contributed by atoms with E-state index in [0.717, 1.165) is 11.4 Å². The number of nitrogens with zero attached hydrogens (tertiary/aromatic N) is 2. The summed E-state index contributed by atoms with van der Waals surface area (Å²) in [6.45, 7) is 6.31. The quantitative estimate of drug-likeness (QED) is 0.902. The van der Waals surface area contributed by atoms with Gasteiger partial charge >= 0.3 is 0 Å². The summed E-state index contributed by atoms with van der Waals surface area (Å²) >= 11 is 1.40. The number of hydrogen-bond acceptors (Lipinski definition) is 5. The van der Waals surface area contributed by atoms with Crippen molar-refractivity contribution in [1.82, 2.24) is 9.21 Å². The zero-order valence-electron chi connectivity index (χ0n) is 11.6. The van der Waals surface area contributed by atoms with Gasteiger partial charge in [-0.2, -0.15) is 4.31 Å². The maximum Gasteiger partial charge on any atom is 0.244 e. The van der Waals surface area contributed by atoms with Gasteiger partial charge < -0.3 is 5.73 Å². The van der Waals surface area contributed by atoms with E-state index in [1.807, 2.05) is 7.05 Å². The van der Waals surface area contributed by atoms with Crippen molar-refractivity contribution in [3.63, 3.8) is 0 Å². The molecule has 19 heavy (non-hydrogen) atoms. The van der Waals surface area contributed by atoms with Gasteiger partial charge in [0.1, 0.15) is 0 Å². The van der Waals surface area contributed by atoms with Gasteiger partial charge in [-0.1, -0.05) is 0 Å². The van der Waals surface area contributed by atoms with Crippen molar-refractivity contribution >= 4 is 21.4 Å². The van der Waals surface area contributed by atoms with E-state index in [1.54, 1.807) is 15.8 Å². The first-order valence-electron chi connectivity index (χ1n) is 6.26. The molecule has 0 saturated carbocycles. The van der Waals surface area contributed by atoms with Crippen molar-refractivity contribution in [2.24, 2.45) is 5.73 Å². The highest BCUT2D eigenvalue weighted by atomic mass is 32.2. The minimum absolute atomic E-state index is 0.141. The van der Waals surface area contributed by atoms with Crippen molar-refractivity contribution in [3.05, 3.63) is 16.3 Å². The molecule has 0 aromatic carbocycles. The van der Waals surface area contributed by atoms with E-state index >= 15 is 0 Å². The monoisotopic (exact) mass is 303 g/mol. The first-order chi connectivity index (χ1) is 8.77. The molecule has 2 N–H and O–H groups in total. The molecule has 1 aliphatic heterocycles. The molecule has 0 amide bonds. The van der Waals surface area contributed by atoms with Crippen LogP contribution in [-0.4, -0.2) is 49.8 Å². The molecular formula is C12H21N3O2S2. The van der Waals surface area contributed by atoms with E-state index in [4.69, 9.17) is 5.73 Å². The van der Waals surface area contributed by atoms with Crippen LogP contribution in [0.15, 0.2) is 16.3 Å². The van der Waals surface area contributed by atoms with Crippen LogP contribution in [0.5, 0.6) is 0 Å². The smallest absolute Gasteiger partial charge is 0.244 e. The number of rotatable bonds is 3. The molecular weight excluding hydrogens is 282 g/mol. The van der Waals surface area contributed by atoms with Crippen LogP contribution < -0.4 is 5.73 Å². The third-order valence-electron chi connectivity index (χ3n) is 3.75. The van der Waals surface area contributed by atoms with Crippen LogP contribution in [0.3, 0.4) is 0 Å². The standard InChI is InChI=1S/C12H21N3O2S2/c1-12(2)9-15(5-4-14(12)3)19(16,17)11-6-10(7-13)18-8-11/h6,8H,4-5,7,9,13H2,1-3H3. The summed E-state index contributed by atoms with van der Waals surface area (Å²) in [4.78, 5) is 3.46. The average Bonchev–Trinajstić information content (AvgIpc) is 2.81. The molecule has 7 heteroatoms. The predicted octanol–water partition coefficient (Wildman–Crippen LogP) is 0.921. The Bertz CT molecular complexity index is 551. The topological polar surface area (TPSA) is 66.6 Å². The van der Waals surface area contributed by atoms with E-state index in [2.05, 4.69) is 18.7 Å². The molecule has 0 unspecified atom stereocenters. The van der Waals surface area contributed by atoms with Crippen LogP contribution in [0, 0.1) is 0 Å². The third kappa shape index (κ3) is 2.85. The minimum Gasteiger partial charge on any atom is -0.326 e. The predicted molar refractivity (Wildman–Crippen MR) is 77.7 cm³/mol. The lowest BCUT2D eigenvalue weighted by Crippen LogP contribution is -2.58. The highest BCUT2D eigenvalue weighted by Gasteiger charge is 2.37. The van der Waals surface area contributed by atoms with Gasteiger partial charge in [0.15, 0.2) is 0 Å². The molecule has 0 aliphatic carbocycles. The van der Waals surface area contributed by atoms with Crippen molar-refractivity contribution in [2.75, 3.05) is 26.7 Å². The first kappa shape index (κ1) is 14.9. The number of likely N-dealkylation sites (N-methyl/N-ethyl adjacent to an activating group) is 1. The van der Waals surface area contributed by atoms with Gasteiger partial charge in [-0.05, 0) is 27.0 Å². The number of piperazine rings is 1. The molecule has 0 bridgehead atoms. The summed E-state index contributed by atoms with van der Waals surface area (Å²) in [5.74, 6) is 0. The molecule has 2 rings (SSSR count). The second-order valence-electron chi connectivity index (χ2n) is 5.53. The molecule has 1 aliphatic rings. The fourth-order valence-corrected chi connectivity index (χ4v) is 4.88. The van der Waals surface area contributed by atoms with Crippen LogP contribution in [0.25, 0.3) is 0 Å². The fraction of sp³-hybridized carbons (Fsp3) is 0.667. The lowest BCUT2D eigenvalue weighted by molar-refractivity contribution is 0.0802. The normalized spacial score (nSPS) is 21.7. The van der Waals surface area contributed by atoms with Crippen LogP contribution in [0.4, 0.5) is 0 Å². The van der Waals surface area contributed by atoms with Crippen LogP contribution in [0.1, 0.15) is 18.7 Å². The summed E-state index contributed by atoms with van der Waals surface area (Å²) in [5.41, 5.74) is 5.40. The van der Waals surface area contributed by atoms with Crippen LogP contribution >= 0.6 is 11.3 Å². The van der Waals surface area contributed by atoms with E-state index in [0.29, 0.717) is 24.5 Å². The van der Waals surface area contributed by atoms with Crippen LogP contribution in [0.2, 0.25) is 0 Å². The second-order valence-corrected chi connectivity index (χ2v) is 8.46. The second kappa shape index (κ2) is 5.14. The maximum atomic E-state index is 12.6. The van der Waals surface area contributed by atoms with Crippen molar-refractivity contribution in [2.45, 2.75) is 30.8 Å². The Morgan fingerprint density at radius 1 is 1.42 bits per heavy atom. The Morgan fingerprint density at radius 2 is 2.11 bits per heavy atom.